The molecular formula is C23H19ClFN3O2. The topological polar surface area (TPSA) is 51.3 Å². The van der Waals surface area contributed by atoms with E-state index in [2.05, 4.69) is 4.98 Å². The van der Waals surface area contributed by atoms with E-state index in [1.165, 1.54) is 12.1 Å². The van der Waals surface area contributed by atoms with Crippen LogP contribution < -0.4 is 0 Å². The second-order valence-corrected chi connectivity index (χ2v) is 7.29. The molecule has 0 spiro atoms. The highest BCUT2D eigenvalue weighted by Crippen LogP contribution is 2.17. The van der Waals surface area contributed by atoms with Crippen molar-refractivity contribution in [3.8, 4) is 0 Å². The first kappa shape index (κ1) is 19.9. The molecule has 152 valence electrons. The van der Waals surface area contributed by atoms with Gasteiger partial charge in [0.1, 0.15) is 17.4 Å². The number of hydrogen-bond acceptors (Lipinski definition) is 3. The number of furan rings is 1. The Kier molecular flexibility index (Phi) is 5.95. The summed E-state index contributed by atoms with van der Waals surface area (Å²) in [5.74, 6) is 0.906. The van der Waals surface area contributed by atoms with Gasteiger partial charge in [-0.05, 0) is 54.1 Å². The molecule has 0 radical (unpaired) electrons. The third-order valence-electron chi connectivity index (χ3n) is 4.68. The van der Waals surface area contributed by atoms with Gasteiger partial charge in [0.25, 0.3) is 5.91 Å². The quantitative estimate of drug-likeness (QED) is 0.412. The van der Waals surface area contributed by atoms with Gasteiger partial charge in [0, 0.05) is 29.5 Å². The standard InChI is InChI=1S/C23H19ClFN3O2/c24-19-8-6-18(7-9-19)23(29)28(15-21-5-2-12-30-21)16-22-26-10-11-27(22)14-17-3-1-4-20(25)13-17/h1-13H,14-16H2. The third kappa shape index (κ3) is 4.78. The van der Waals surface area contributed by atoms with Gasteiger partial charge in [0.2, 0.25) is 0 Å². The zero-order valence-electron chi connectivity index (χ0n) is 16.0. The lowest BCUT2D eigenvalue weighted by molar-refractivity contribution is 0.0711. The van der Waals surface area contributed by atoms with E-state index >= 15 is 0 Å². The molecule has 0 aliphatic heterocycles. The van der Waals surface area contributed by atoms with Crippen LogP contribution in [0.5, 0.6) is 0 Å². The van der Waals surface area contributed by atoms with Crippen LogP contribution in [0.4, 0.5) is 4.39 Å². The number of imidazole rings is 1. The molecule has 0 saturated carbocycles. The molecular weight excluding hydrogens is 405 g/mol. The summed E-state index contributed by atoms with van der Waals surface area (Å²) in [6.45, 7) is 1.02. The number of benzene rings is 2. The molecule has 0 bridgehead atoms. The minimum Gasteiger partial charge on any atom is -0.467 e. The molecule has 4 aromatic rings. The van der Waals surface area contributed by atoms with Crippen LogP contribution in [0.15, 0.2) is 83.7 Å². The molecule has 1 amide bonds. The second kappa shape index (κ2) is 8.97. The van der Waals surface area contributed by atoms with Crippen molar-refractivity contribution >= 4 is 17.5 Å². The van der Waals surface area contributed by atoms with Crippen LogP contribution in [0.25, 0.3) is 0 Å². The van der Waals surface area contributed by atoms with Gasteiger partial charge in [-0.1, -0.05) is 23.7 Å². The highest BCUT2D eigenvalue weighted by Gasteiger charge is 2.20. The lowest BCUT2D eigenvalue weighted by atomic mass is 10.2. The van der Waals surface area contributed by atoms with Crippen molar-refractivity contribution in [3.05, 3.63) is 113 Å². The molecule has 2 heterocycles. The molecule has 0 atom stereocenters. The fourth-order valence-corrected chi connectivity index (χ4v) is 3.33. The number of hydrogen-bond donors (Lipinski definition) is 0. The molecule has 2 aromatic carbocycles. The molecule has 0 fully saturated rings. The van der Waals surface area contributed by atoms with Gasteiger partial charge in [-0.2, -0.15) is 0 Å². The van der Waals surface area contributed by atoms with Crippen LogP contribution in [0, 0.1) is 5.82 Å². The maximum absolute atomic E-state index is 13.5. The summed E-state index contributed by atoms with van der Waals surface area (Å²) in [5.41, 5.74) is 1.34. The number of aromatic nitrogens is 2. The summed E-state index contributed by atoms with van der Waals surface area (Å²) < 4.78 is 20.9. The number of carbonyl (C=O) groups excluding carboxylic acids is 1. The van der Waals surface area contributed by atoms with E-state index in [0.29, 0.717) is 35.3 Å². The van der Waals surface area contributed by atoms with Crippen molar-refractivity contribution in [1.82, 2.24) is 14.5 Å². The SMILES string of the molecule is O=C(c1ccc(Cl)cc1)N(Cc1ccco1)Cc1nccn1Cc1cccc(F)c1. The lowest BCUT2D eigenvalue weighted by Crippen LogP contribution is -2.31. The number of halogens is 2. The number of nitrogens with zero attached hydrogens (tertiary/aromatic N) is 3. The Hall–Kier alpha value is -3.38. The fraction of sp³-hybridized carbons (Fsp3) is 0.130. The molecule has 0 aliphatic rings. The predicted octanol–water partition coefficient (Wildman–Crippen LogP) is 5.16. The van der Waals surface area contributed by atoms with Crippen molar-refractivity contribution in [1.29, 1.82) is 0 Å². The Labute approximate surface area is 178 Å². The zero-order chi connectivity index (χ0) is 20.9. The van der Waals surface area contributed by atoms with Gasteiger partial charge >= 0.3 is 0 Å². The monoisotopic (exact) mass is 423 g/mol. The Balaban J connectivity index is 1.58. The minimum absolute atomic E-state index is 0.164. The van der Waals surface area contributed by atoms with E-state index < -0.39 is 0 Å². The summed E-state index contributed by atoms with van der Waals surface area (Å²) in [5, 5.41) is 0.565. The molecule has 4 rings (SSSR count). The van der Waals surface area contributed by atoms with Crippen LogP contribution in [0.1, 0.15) is 27.5 Å². The highest BCUT2D eigenvalue weighted by atomic mass is 35.5. The van der Waals surface area contributed by atoms with Crippen LogP contribution in [-0.4, -0.2) is 20.4 Å². The first-order chi connectivity index (χ1) is 14.6. The Morgan fingerprint density at radius 3 is 2.67 bits per heavy atom. The van der Waals surface area contributed by atoms with E-state index in [9.17, 15) is 9.18 Å². The smallest absolute Gasteiger partial charge is 0.254 e. The van der Waals surface area contributed by atoms with Gasteiger partial charge < -0.3 is 13.9 Å². The van der Waals surface area contributed by atoms with E-state index in [0.717, 1.165) is 5.56 Å². The Morgan fingerprint density at radius 2 is 1.93 bits per heavy atom. The summed E-state index contributed by atoms with van der Waals surface area (Å²) in [4.78, 5) is 19.3. The van der Waals surface area contributed by atoms with Crippen LogP contribution in [0.2, 0.25) is 5.02 Å². The van der Waals surface area contributed by atoms with Crippen LogP contribution in [-0.2, 0) is 19.6 Å². The largest absolute Gasteiger partial charge is 0.467 e. The van der Waals surface area contributed by atoms with Gasteiger partial charge in [0.05, 0.1) is 19.4 Å². The maximum atomic E-state index is 13.5. The summed E-state index contributed by atoms with van der Waals surface area (Å²) in [6.07, 6.45) is 5.07. The predicted molar refractivity (Wildman–Crippen MR) is 111 cm³/mol. The van der Waals surface area contributed by atoms with Crippen molar-refractivity contribution < 1.29 is 13.6 Å². The number of rotatable bonds is 7. The fourth-order valence-electron chi connectivity index (χ4n) is 3.20. The van der Waals surface area contributed by atoms with Crippen LogP contribution in [0.3, 0.4) is 0 Å². The third-order valence-corrected chi connectivity index (χ3v) is 4.93. The molecule has 0 unspecified atom stereocenters. The summed E-state index contributed by atoms with van der Waals surface area (Å²) in [7, 11) is 0. The van der Waals surface area contributed by atoms with Gasteiger partial charge in [-0.3, -0.25) is 4.79 Å². The number of amides is 1. The molecule has 5 nitrogen and oxygen atoms in total. The van der Waals surface area contributed by atoms with Gasteiger partial charge in [0.15, 0.2) is 0 Å². The number of carbonyl (C=O) groups is 1. The Bertz CT molecular complexity index is 1120. The van der Waals surface area contributed by atoms with E-state index in [4.69, 9.17) is 16.0 Å². The average molecular weight is 424 g/mol. The van der Waals surface area contributed by atoms with Crippen molar-refractivity contribution in [2.24, 2.45) is 0 Å². The highest BCUT2D eigenvalue weighted by molar-refractivity contribution is 6.30. The molecule has 0 saturated heterocycles. The van der Waals surface area contributed by atoms with Gasteiger partial charge in [-0.15, -0.1) is 0 Å². The lowest BCUT2D eigenvalue weighted by Gasteiger charge is -2.22. The molecule has 30 heavy (non-hydrogen) atoms. The maximum Gasteiger partial charge on any atom is 0.254 e. The molecule has 2 aromatic heterocycles. The normalized spacial score (nSPS) is 10.9. The van der Waals surface area contributed by atoms with Gasteiger partial charge in [-0.25, -0.2) is 9.37 Å². The first-order valence-electron chi connectivity index (χ1n) is 9.40. The summed E-state index contributed by atoms with van der Waals surface area (Å²) >= 11 is 5.96. The van der Waals surface area contributed by atoms with E-state index in [1.807, 2.05) is 22.9 Å². The van der Waals surface area contributed by atoms with Crippen molar-refractivity contribution in [3.63, 3.8) is 0 Å². The molecule has 7 heteroatoms. The van der Waals surface area contributed by atoms with E-state index in [-0.39, 0.29) is 18.3 Å². The van der Waals surface area contributed by atoms with Crippen molar-refractivity contribution in [2.45, 2.75) is 19.6 Å². The first-order valence-corrected chi connectivity index (χ1v) is 9.78. The zero-order valence-corrected chi connectivity index (χ0v) is 16.8. The Morgan fingerprint density at radius 1 is 1.10 bits per heavy atom. The van der Waals surface area contributed by atoms with Crippen LogP contribution >= 0.6 is 11.6 Å². The minimum atomic E-state index is -0.286. The molecule has 0 aliphatic carbocycles. The van der Waals surface area contributed by atoms with E-state index in [1.54, 1.807) is 53.8 Å². The average Bonchev–Trinajstić information content (AvgIpc) is 3.40. The molecule has 0 N–H and O–H groups in total. The summed E-state index contributed by atoms with van der Waals surface area (Å²) in [6, 6.07) is 16.8. The van der Waals surface area contributed by atoms with Crippen molar-refractivity contribution in [2.75, 3.05) is 0 Å². The second-order valence-electron chi connectivity index (χ2n) is 6.85.